The van der Waals surface area contributed by atoms with E-state index in [-0.39, 0.29) is 0 Å². The average molecular weight is 212 g/mol. The summed E-state index contributed by atoms with van der Waals surface area (Å²) >= 11 is 0. The van der Waals surface area contributed by atoms with Crippen molar-refractivity contribution in [1.29, 1.82) is 0 Å². The second-order valence-electron chi connectivity index (χ2n) is 4.95. The van der Waals surface area contributed by atoms with Crippen LogP contribution in [0.25, 0.3) is 0 Å². The second-order valence-corrected chi connectivity index (χ2v) is 4.95. The van der Waals surface area contributed by atoms with Crippen LogP contribution in [0.1, 0.15) is 32.6 Å². The molecule has 2 saturated heterocycles. The van der Waals surface area contributed by atoms with E-state index in [1.54, 1.807) is 0 Å². The molecule has 0 aromatic rings. The summed E-state index contributed by atoms with van der Waals surface area (Å²) in [6.45, 7) is 8.08. The van der Waals surface area contributed by atoms with Gasteiger partial charge in [-0.05, 0) is 45.7 Å². The van der Waals surface area contributed by atoms with Crippen molar-refractivity contribution in [3.8, 4) is 0 Å². The topological polar surface area (TPSA) is 24.5 Å². The maximum Gasteiger partial charge on any atom is 0.0700 e. The van der Waals surface area contributed by atoms with Gasteiger partial charge in [0.15, 0.2) is 0 Å². The minimum atomic E-state index is 0.478. The molecule has 0 spiro atoms. The number of ether oxygens (including phenoxy) is 1. The van der Waals surface area contributed by atoms with Gasteiger partial charge < -0.3 is 15.0 Å². The lowest BCUT2D eigenvalue weighted by Gasteiger charge is -2.22. The predicted molar refractivity (Wildman–Crippen MR) is 62.1 cm³/mol. The van der Waals surface area contributed by atoms with Gasteiger partial charge in [-0.3, -0.25) is 0 Å². The molecule has 3 nitrogen and oxygen atoms in total. The molecule has 2 aliphatic heterocycles. The van der Waals surface area contributed by atoms with Crippen LogP contribution in [0, 0.1) is 0 Å². The normalized spacial score (nSPS) is 29.8. The molecule has 15 heavy (non-hydrogen) atoms. The van der Waals surface area contributed by atoms with Gasteiger partial charge in [0.05, 0.1) is 6.10 Å². The van der Waals surface area contributed by atoms with Crippen molar-refractivity contribution >= 4 is 0 Å². The molecule has 0 aliphatic carbocycles. The summed E-state index contributed by atoms with van der Waals surface area (Å²) in [5.74, 6) is 0. The van der Waals surface area contributed by atoms with Crippen molar-refractivity contribution in [3.05, 3.63) is 0 Å². The Hall–Kier alpha value is -0.120. The number of likely N-dealkylation sites (tertiary alicyclic amines) is 1. The van der Waals surface area contributed by atoms with Crippen LogP contribution >= 0.6 is 0 Å². The lowest BCUT2D eigenvalue weighted by atomic mass is 10.2. The third-order valence-electron chi connectivity index (χ3n) is 3.45. The standard InChI is InChI=1S/C12H24N2O/c1-11(10-14-6-2-3-7-14)13-9-12-5-4-8-15-12/h11-13H,2-10H2,1H3/t11?,12-/m0/s1. The molecule has 88 valence electrons. The van der Waals surface area contributed by atoms with Gasteiger partial charge in [-0.25, -0.2) is 0 Å². The highest BCUT2D eigenvalue weighted by Gasteiger charge is 2.18. The van der Waals surface area contributed by atoms with Crippen molar-refractivity contribution in [2.75, 3.05) is 32.8 Å². The van der Waals surface area contributed by atoms with Crippen LogP contribution in [-0.4, -0.2) is 49.8 Å². The summed E-state index contributed by atoms with van der Waals surface area (Å²) < 4.78 is 5.60. The molecule has 2 fully saturated rings. The van der Waals surface area contributed by atoms with E-state index in [1.165, 1.54) is 45.3 Å². The van der Waals surface area contributed by atoms with Crippen molar-refractivity contribution in [1.82, 2.24) is 10.2 Å². The number of rotatable bonds is 5. The lowest BCUT2D eigenvalue weighted by molar-refractivity contribution is 0.106. The minimum absolute atomic E-state index is 0.478. The Morgan fingerprint density at radius 2 is 2.13 bits per heavy atom. The molecule has 0 aromatic heterocycles. The third-order valence-corrected chi connectivity index (χ3v) is 3.45. The van der Waals surface area contributed by atoms with E-state index in [1.807, 2.05) is 0 Å². The van der Waals surface area contributed by atoms with E-state index in [0.29, 0.717) is 12.1 Å². The van der Waals surface area contributed by atoms with E-state index in [9.17, 15) is 0 Å². The Bertz CT molecular complexity index is 174. The Morgan fingerprint density at radius 1 is 1.33 bits per heavy atom. The molecule has 0 bridgehead atoms. The molecular formula is C12H24N2O. The van der Waals surface area contributed by atoms with Gasteiger partial charge >= 0.3 is 0 Å². The van der Waals surface area contributed by atoms with E-state index >= 15 is 0 Å². The predicted octanol–water partition coefficient (Wildman–Crippen LogP) is 1.24. The Kier molecular flexibility index (Phi) is 4.42. The first-order chi connectivity index (χ1) is 7.34. The molecule has 2 rings (SSSR count). The highest BCUT2D eigenvalue weighted by atomic mass is 16.5. The highest BCUT2D eigenvalue weighted by Crippen LogP contribution is 2.11. The molecule has 1 N–H and O–H groups in total. The first-order valence-electron chi connectivity index (χ1n) is 6.42. The summed E-state index contributed by atoms with van der Waals surface area (Å²) in [6.07, 6.45) is 5.73. The molecule has 3 heteroatoms. The highest BCUT2D eigenvalue weighted by molar-refractivity contribution is 4.75. The van der Waals surface area contributed by atoms with Crippen molar-refractivity contribution in [3.63, 3.8) is 0 Å². The van der Waals surface area contributed by atoms with Gasteiger partial charge in [-0.15, -0.1) is 0 Å². The molecule has 2 aliphatic rings. The quantitative estimate of drug-likeness (QED) is 0.742. The molecule has 0 amide bonds. The maximum atomic E-state index is 5.60. The molecule has 0 saturated carbocycles. The number of hydrogen-bond acceptors (Lipinski definition) is 3. The molecule has 0 aromatic carbocycles. The monoisotopic (exact) mass is 212 g/mol. The van der Waals surface area contributed by atoms with E-state index < -0.39 is 0 Å². The average Bonchev–Trinajstić information content (AvgIpc) is 2.86. The maximum absolute atomic E-state index is 5.60. The number of nitrogens with zero attached hydrogens (tertiary/aromatic N) is 1. The Labute approximate surface area is 93.2 Å². The fraction of sp³-hybridized carbons (Fsp3) is 1.00. The molecule has 1 unspecified atom stereocenters. The van der Waals surface area contributed by atoms with Crippen molar-refractivity contribution in [2.24, 2.45) is 0 Å². The van der Waals surface area contributed by atoms with E-state index in [4.69, 9.17) is 4.74 Å². The van der Waals surface area contributed by atoms with Crippen LogP contribution in [0.15, 0.2) is 0 Å². The third kappa shape index (κ3) is 3.74. The summed E-state index contributed by atoms with van der Waals surface area (Å²) in [7, 11) is 0. The fourth-order valence-corrected chi connectivity index (χ4v) is 2.56. The molecular weight excluding hydrogens is 188 g/mol. The zero-order valence-corrected chi connectivity index (χ0v) is 9.87. The van der Waals surface area contributed by atoms with Crippen LogP contribution in [-0.2, 0) is 4.74 Å². The van der Waals surface area contributed by atoms with Gasteiger partial charge in [0, 0.05) is 25.7 Å². The fourth-order valence-electron chi connectivity index (χ4n) is 2.56. The smallest absolute Gasteiger partial charge is 0.0700 e. The van der Waals surface area contributed by atoms with Crippen LogP contribution in [0.4, 0.5) is 0 Å². The molecule has 0 radical (unpaired) electrons. The minimum Gasteiger partial charge on any atom is -0.377 e. The summed E-state index contributed by atoms with van der Waals surface area (Å²) in [5.41, 5.74) is 0. The van der Waals surface area contributed by atoms with Gasteiger partial charge in [0.25, 0.3) is 0 Å². The lowest BCUT2D eigenvalue weighted by Crippen LogP contribution is -2.41. The first kappa shape index (κ1) is 11.4. The Morgan fingerprint density at radius 3 is 2.80 bits per heavy atom. The molecule has 2 heterocycles. The second kappa shape index (κ2) is 5.83. The first-order valence-corrected chi connectivity index (χ1v) is 6.42. The van der Waals surface area contributed by atoms with Gasteiger partial charge in [-0.2, -0.15) is 0 Å². The zero-order chi connectivity index (χ0) is 10.5. The largest absolute Gasteiger partial charge is 0.377 e. The van der Waals surface area contributed by atoms with Gasteiger partial charge in [0.2, 0.25) is 0 Å². The summed E-state index contributed by atoms with van der Waals surface area (Å²) in [4.78, 5) is 2.56. The van der Waals surface area contributed by atoms with Crippen LogP contribution in [0.2, 0.25) is 0 Å². The molecule has 2 atom stereocenters. The van der Waals surface area contributed by atoms with Crippen molar-refractivity contribution in [2.45, 2.75) is 44.8 Å². The number of nitrogens with one attached hydrogen (secondary N) is 1. The summed E-state index contributed by atoms with van der Waals surface area (Å²) in [5, 5.41) is 3.58. The summed E-state index contributed by atoms with van der Waals surface area (Å²) in [6, 6.07) is 0.604. The van der Waals surface area contributed by atoms with Crippen LogP contribution in [0.5, 0.6) is 0 Å². The van der Waals surface area contributed by atoms with Crippen LogP contribution < -0.4 is 5.32 Å². The SMILES string of the molecule is CC(CN1CCCC1)NC[C@@H]1CCCO1. The zero-order valence-electron chi connectivity index (χ0n) is 9.87. The number of hydrogen-bond donors (Lipinski definition) is 1. The van der Waals surface area contributed by atoms with E-state index in [2.05, 4.69) is 17.1 Å². The van der Waals surface area contributed by atoms with E-state index in [0.717, 1.165) is 13.2 Å². The Balaban J connectivity index is 1.57. The van der Waals surface area contributed by atoms with Crippen molar-refractivity contribution < 1.29 is 4.74 Å². The van der Waals surface area contributed by atoms with Crippen LogP contribution in [0.3, 0.4) is 0 Å². The van der Waals surface area contributed by atoms with Gasteiger partial charge in [0.1, 0.15) is 0 Å². The van der Waals surface area contributed by atoms with Gasteiger partial charge in [-0.1, -0.05) is 0 Å².